The summed E-state index contributed by atoms with van der Waals surface area (Å²) >= 11 is 0. The van der Waals surface area contributed by atoms with Crippen LogP contribution in [0.4, 0.5) is 5.69 Å². The Labute approximate surface area is 177 Å². The number of hydrogen-bond donors (Lipinski definition) is 1. The molecule has 9 nitrogen and oxygen atoms in total. The van der Waals surface area contributed by atoms with E-state index >= 15 is 0 Å². The van der Waals surface area contributed by atoms with E-state index in [9.17, 15) is 13.2 Å². The molecule has 1 aromatic carbocycles. The molecule has 2 aliphatic heterocycles. The van der Waals surface area contributed by atoms with Crippen LogP contribution in [0.3, 0.4) is 0 Å². The van der Waals surface area contributed by atoms with E-state index in [2.05, 4.69) is 5.32 Å². The normalized spacial score (nSPS) is 20.2. The van der Waals surface area contributed by atoms with Gasteiger partial charge in [-0.2, -0.15) is 4.31 Å². The van der Waals surface area contributed by atoms with Gasteiger partial charge < -0.3 is 24.3 Å². The molecular formula is C20H30N2O7S. The molecule has 30 heavy (non-hydrogen) atoms. The Bertz CT molecular complexity index is 803. The second kappa shape index (κ2) is 11.1. The lowest BCUT2D eigenvalue weighted by Crippen LogP contribution is -2.40. The Morgan fingerprint density at radius 3 is 2.77 bits per heavy atom. The number of rotatable bonds is 10. The smallest absolute Gasteiger partial charge is 0.243 e. The van der Waals surface area contributed by atoms with E-state index in [4.69, 9.17) is 18.9 Å². The summed E-state index contributed by atoms with van der Waals surface area (Å²) in [5.74, 6) is 0.149. The highest BCUT2D eigenvalue weighted by Gasteiger charge is 2.27. The number of nitrogens with one attached hydrogen (secondary N) is 1. The number of carbonyl (C=O) groups is 1. The molecule has 1 atom stereocenters. The van der Waals surface area contributed by atoms with E-state index < -0.39 is 10.0 Å². The first-order chi connectivity index (χ1) is 14.5. The SMILES string of the molecule is CCOc1ccc(S(=O)(=O)N2CCOCC2)cc1NC(=O)CCOCC1CCCO1. The van der Waals surface area contributed by atoms with Crippen molar-refractivity contribution in [3.8, 4) is 5.75 Å². The maximum atomic E-state index is 12.9. The summed E-state index contributed by atoms with van der Waals surface area (Å²) in [5.41, 5.74) is 0.329. The average Bonchev–Trinajstić information content (AvgIpc) is 3.27. The molecule has 2 fully saturated rings. The highest BCUT2D eigenvalue weighted by Crippen LogP contribution is 2.29. The van der Waals surface area contributed by atoms with E-state index in [0.29, 0.717) is 51.0 Å². The van der Waals surface area contributed by atoms with Crippen molar-refractivity contribution in [3.63, 3.8) is 0 Å². The summed E-state index contributed by atoms with van der Waals surface area (Å²) in [6, 6.07) is 4.51. The molecule has 0 spiro atoms. The quantitative estimate of drug-likeness (QED) is 0.549. The minimum atomic E-state index is -3.67. The van der Waals surface area contributed by atoms with E-state index in [-0.39, 0.29) is 29.9 Å². The maximum absolute atomic E-state index is 12.9. The third-order valence-corrected chi connectivity index (χ3v) is 6.83. The van der Waals surface area contributed by atoms with Gasteiger partial charge in [-0.25, -0.2) is 8.42 Å². The fourth-order valence-corrected chi connectivity index (χ4v) is 4.79. The summed E-state index contributed by atoms with van der Waals surface area (Å²) in [6.45, 7) is 5.06. The number of ether oxygens (including phenoxy) is 4. The summed E-state index contributed by atoms with van der Waals surface area (Å²) in [7, 11) is -3.67. The van der Waals surface area contributed by atoms with Crippen LogP contribution < -0.4 is 10.1 Å². The topological polar surface area (TPSA) is 103 Å². The van der Waals surface area contributed by atoms with Crippen molar-refractivity contribution in [2.24, 2.45) is 0 Å². The zero-order chi connectivity index (χ0) is 21.4. The Morgan fingerprint density at radius 2 is 2.07 bits per heavy atom. The van der Waals surface area contributed by atoms with Crippen molar-refractivity contribution < 1.29 is 32.2 Å². The predicted octanol–water partition coefficient (Wildman–Crippen LogP) is 1.63. The van der Waals surface area contributed by atoms with Crippen LogP contribution in [-0.2, 0) is 29.0 Å². The number of amides is 1. The van der Waals surface area contributed by atoms with Crippen molar-refractivity contribution in [3.05, 3.63) is 18.2 Å². The van der Waals surface area contributed by atoms with Gasteiger partial charge in [0.2, 0.25) is 15.9 Å². The van der Waals surface area contributed by atoms with Crippen molar-refractivity contribution >= 4 is 21.6 Å². The third-order valence-electron chi connectivity index (χ3n) is 4.93. The number of hydrogen-bond acceptors (Lipinski definition) is 7. The second-order valence-electron chi connectivity index (χ2n) is 7.12. The van der Waals surface area contributed by atoms with E-state index in [1.807, 2.05) is 6.92 Å². The summed E-state index contributed by atoms with van der Waals surface area (Å²) in [4.78, 5) is 12.5. The second-order valence-corrected chi connectivity index (χ2v) is 9.05. The Balaban J connectivity index is 1.62. The van der Waals surface area contributed by atoms with Gasteiger partial charge in [-0.1, -0.05) is 0 Å². The molecule has 0 aromatic heterocycles. The van der Waals surface area contributed by atoms with Crippen LogP contribution in [0.1, 0.15) is 26.2 Å². The van der Waals surface area contributed by atoms with Gasteiger partial charge in [0.05, 0.1) is 56.1 Å². The van der Waals surface area contributed by atoms with Gasteiger partial charge in [-0.15, -0.1) is 0 Å². The van der Waals surface area contributed by atoms with Crippen LogP contribution in [0.25, 0.3) is 0 Å². The highest BCUT2D eigenvalue weighted by atomic mass is 32.2. The molecular weight excluding hydrogens is 412 g/mol. The van der Waals surface area contributed by atoms with Gasteiger partial charge in [0.1, 0.15) is 5.75 Å². The van der Waals surface area contributed by atoms with Gasteiger partial charge in [-0.3, -0.25) is 4.79 Å². The van der Waals surface area contributed by atoms with Crippen LogP contribution in [0.2, 0.25) is 0 Å². The molecule has 10 heteroatoms. The maximum Gasteiger partial charge on any atom is 0.243 e. The molecule has 0 radical (unpaired) electrons. The molecule has 168 valence electrons. The van der Waals surface area contributed by atoms with Crippen LogP contribution in [0.15, 0.2) is 23.1 Å². The van der Waals surface area contributed by atoms with Gasteiger partial charge in [0.25, 0.3) is 0 Å². The van der Waals surface area contributed by atoms with Gasteiger partial charge in [-0.05, 0) is 38.0 Å². The molecule has 3 rings (SSSR count). The number of nitrogens with zero attached hydrogens (tertiary/aromatic N) is 1. The molecule has 2 heterocycles. The molecule has 1 aromatic rings. The Hall–Kier alpha value is -1.72. The van der Waals surface area contributed by atoms with Crippen LogP contribution in [0, 0.1) is 0 Å². The molecule has 0 saturated carbocycles. The molecule has 2 saturated heterocycles. The van der Waals surface area contributed by atoms with E-state index in [1.54, 1.807) is 6.07 Å². The lowest BCUT2D eigenvalue weighted by Gasteiger charge is -2.26. The molecule has 1 amide bonds. The zero-order valence-corrected chi connectivity index (χ0v) is 18.1. The molecule has 1 unspecified atom stereocenters. The average molecular weight is 443 g/mol. The van der Waals surface area contributed by atoms with Crippen molar-refractivity contribution in [2.45, 2.75) is 37.2 Å². The van der Waals surface area contributed by atoms with Gasteiger partial charge >= 0.3 is 0 Å². The van der Waals surface area contributed by atoms with Gasteiger partial charge in [0.15, 0.2) is 0 Å². The summed E-state index contributed by atoms with van der Waals surface area (Å²) < 4.78 is 49.0. The first-order valence-corrected chi connectivity index (χ1v) is 11.8. The lowest BCUT2D eigenvalue weighted by molar-refractivity contribution is -0.117. The fraction of sp³-hybridized carbons (Fsp3) is 0.650. The largest absolute Gasteiger partial charge is 0.492 e. The number of anilines is 1. The zero-order valence-electron chi connectivity index (χ0n) is 17.3. The van der Waals surface area contributed by atoms with Crippen molar-refractivity contribution in [1.82, 2.24) is 4.31 Å². The first kappa shape index (κ1) is 23.0. The minimum absolute atomic E-state index is 0.109. The first-order valence-electron chi connectivity index (χ1n) is 10.3. The molecule has 0 bridgehead atoms. The monoisotopic (exact) mass is 442 g/mol. The van der Waals surface area contributed by atoms with Crippen LogP contribution in [0.5, 0.6) is 5.75 Å². The number of sulfonamides is 1. The van der Waals surface area contributed by atoms with E-state index in [0.717, 1.165) is 19.4 Å². The summed E-state index contributed by atoms with van der Waals surface area (Å²) in [6.07, 6.45) is 2.28. The number of benzene rings is 1. The molecule has 1 N–H and O–H groups in total. The standard InChI is InChI=1S/C20H30N2O7S/c1-2-28-19-6-5-17(30(24,25)22-8-12-26-13-9-22)14-18(19)21-20(23)7-11-27-15-16-4-3-10-29-16/h5-6,14,16H,2-4,7-13,15H2,1H3,(H,21,23). The van der Waals surface area contributed by atoms with Crippen molar-refractivity contribution in [2.75, 3.05) is 58.0 Å². The van der Waals surface area contributed by atoms with Crippen molar-refractivity contribution in [1.29, 1.82) is 0 Å². The van der Waals surface area contributed by atoms with E-state index in [1.165, 1.54) is 16.4 Å². The van der Waals surface area contributed by atoms with Crippen LogP contribution in [-0.4, -0.2) is 77.5 Å². The van der Waals surface area contributed by atoms with Gasteiger partial charge in [0, 0.05) is 19.7 Å². The number of carbonyl (C=O) groups excluding carboxylic acids is 1. The fourth-order valence-electron chi connectivity index (χ4n) is 3.35. The Morgan fingerprint density at radius 1 is 1.27 bits per heavy atom. The number of morpholine rings is 1. The Kier molecular flexibility index (Phi) is 8.46. The minimum Gasteiger partial charge on any atom is -0.492 e. The predicted molar refractivity (Wildman–Crippen MR) is 110 cm³/mol. The molecule has 0 aliphatic carbocycles. The van der Waals surface area contributed by atoms with Crippen LogP contribution >= 0.6 is 0 Å². The highest BCUT2D eigenvalue weighted by molar-refractivity contribution is 7.89. The summed E-state index contributed by atoms with van der Waals surface area (Å²) in [5, 5.41) is 2.76. The molecule has 2 aliphatic rings. The lowest BCUT2D eigenvalue weighted by atomic mass is 10.2. The third kappa shape index (κ3) is 6.14.